The van der Waals surface area contributed by atoms with E-state index in [4.69, 9.17) is 35.9 Å². The topological polar surface area (TPSA) is 92.1 Å². The summed E-state index contributed by atoms with van der Waals surface area (Å²) < 4.78 is 28.6. The molecule has 1 N–H and O–H groups in total. The molecule has 30 heavy (non-hydrogen) atoms. The minimum absolute atomic E-state index is 0.329. The molecule has 158 valence electrons. The van der Waals surface area contributed by atoms with Gasteiger partial charge in [-0.1, -0.05) is 0 Å². The van der Waals surface area contributed by atoms with E-state index in [-0.39, 0.29) is 0 Å². The second-order valence-corrected chi connectivity index (χ2v) is 6.31. The van der Waals surface area contributed by atoms with E-state index < -0.39 is 0 Å². The summed E-state index contributed by atoms with van der Waals surface area (Å²) in [6.07, 6.45) is 1.61. The van der Waals surface area contributed by atoms with Crippen LogP contribution in [0.2, 0.25) is 0 Å². The molecular weight excluding hydrogens is 408 g/mol. The quantitative estimate of drug-likeness (QED) is 0.432. The summed E-state index contributed by atoms with van der Waals surface area (Å²) in [7, 11) is 7.84. The largest absolute Gasteiger partial charge is 0.496 e. The van der Waals surface area contributed by atoms with Gasteiger partial charge in [0.05, 0.1) is 41.8 Å². The molecule has 0 radical (unpaired) electrons. The molecule has 0 amide bonds. The third-order valence-electron chi connectivity index (χ3n) is 4.34. The Morgan fingerprint density at radius 1 is 0.833 bits per heavy atom. The van der Waals surface area contributed by atoms with Gasteiger partial charge >= 0.3 is 0 Å². The normalized spacial score (nSPS) is 10.8. The lowest BCUT2D eigenvalue weighted by Gasteiger charge is -2.12. The molecule has 0 unspecified atom stereocenters. The first kappa shape index (κ1) is 21.2. The summed E-state index contributed by atoms with van der Waals surface area (Å²) >= 11 is 5.35. The molecule has 1 aromatic heterocycles. The maximum Gasteiger partial charge on any atom is 0.216 e. The number of aromatic amines is 1. The van der Waals surface area contributed by atoms with Gasteiger partial charge in [0.25, 0.3) is 0 Å². The lowest BCUT2D eigenvalue weighted by molar-refractivity contribution is 0.349. The van der Waals surface area contributed by atoms with Crippen LogP contribution < -0.4 is 23.7 Å². The molecule has 0 aliphatic heterocycles. The highest BCUT2D eigenvalue weighted by atomic mass is 32.1. The lowest BCUT2D eigenvalue weighted by atomic mass is 10.2. The monoisotopic (exact) mass is 430 g/mol. The van der Waals surface area contributed by atoms with Crippen LogP contribution in [0.3, 0.4) is 0 Å². The number of rotatable bonds is 8. The first-order valence-corrected chi connectivity index (χ1v) is 9.21. The molecule has 2 aromatic carbocycles. The van der Waals surface area contributed by atoms with Gasteiger partial charge in [-0.25, -0.2) is 5.10 Å². The first-order valence-electron chi connectivity index (χ1n) is 8.80. The van der Waals surface area contributed by atoms with Crippen molar-refractivity contribution < 1.29 is 23.7 Å². The van der Waals surface area contributed by atoms with Gasteiger partial charge in [-0.2, -0.15) is 14.9 Å². The van der Waals surface area contributed by atoms with Crippen molar-refractivity contribution in [3.8, 4) is 40.1 Å². The van der Waals surface area contributed by atoms with Gasteiger partial charge < -0.3 is 23.7 Å². The van der Waals surface area contributed by atoms with Crippen molar-refractivity contribution in [2.45, 2.75) is 0 Å². The van der Waals surface area contributed by atoms with E-state index in [1.807, 2.05) is 6.07 Å². The van der Waals surface area contributed by atoms with Crippen molar-refractivity contribution >= 4 is 18.4 Å². The molecule has 3 rings (SSSR count). The van der Waals surface area contributed by atoms with Crippen molar-refractivity contribution in [2.24, 2.45) is 5.10 Å². The van der Waals surface area contributed by atoms with Crippen LogP contribution in [0, 0.1) is 4.77 Å². The summed E-state index contributed by atoms with van der Waals surface area (Å²) in [5.74, 6) is 3.37. The van der Waals surface area contributed by atoms with Gasteiger partial charge in [-0.3, -0.25) is 0 Å². The number of methoxy groups -OCH3 is 5. The van der Waals surface area contributed by atoms with E-state index in [0.29, 0.717) is 44.9 Å². The van der Waals surface area contributed by atoms with E-state index in [0.717, 1.165) is 5.56 Å². The molecule has 0 saturated carbocycles. The fraction of sp³-hybridized carbons (Fsp3) is 0.250. The molecule has 0 fully saturated rings. The average molecular weight is 430 g/mol. The van der Waals surface area contributed by atoms with Crippen molar-refractivity contribution in [1.82, 2.24) is 14.9 Å². The summed E-state index contributed by atoms with van der Waals surface area (Å²) in [5.41, 5.74) is 1.42. The summed E-state index contributed by atoms with van der Waals surface area (Å²) in [4.78, 5) is 0. The zero-order valence-corrected chi connectivity index (χ0v) is 18.1. The first-order chi connectivity index (χ1) is 14.6. The fourth-order valence-electron chi connectivity index (χ4n) is 2.83. The van der Waals surface area contributed by atoms with Crippen LogP contribution in [0.25, 0.3) is 11.4 Å². The predicted molar refractivity (Wildman–Crippen MR) is 115 cm³/mol. The smallest absolute Gasteiger partial charge is 0.216 e. The Morgan fingerprint density at radius 3 is 2.07 bits per heavy atom. The maximum absolute atomic E-state index is 5.44. The van der Waals surface area contributed by atoms with Crippen molar-refractivity contribution in [1.29, 1.82) is 0 Å². The molecule has 10 heteroatoms. The number of aromatic nitrogens is 3. The van der Waals surface area contributed by atoms with Crippen LogP contribution in [-0.2, 0) is 0 Å². The summed E-state index contributed by atoms with van der Waals surface area (Å²) in [6, 6.07) is 8.92. The highest BCUT2D eigenvalue weighted by molar-refractivity contribution is 7.71. The zero-order chi connectivity index (χ0) is 21.7. The highest BCUT2D eigenvalue weighted by Gasteiger charge is 2.14. The van der Waals surface area contributed by atoms with Gasteiger partial charge in [0.15, 0.2) is 28.8 Å². The number of H-pyrrole nitrogens is 1. The van der Waals surface area contributed by atoms with Crippen LogP contribution in [0.4, 0.5) is 0 Å². The number of hydrogen-bond acceptors (Lipinski definition) is 8. The molecule has 3 aromatic rings. The van der Waals surface area contributed by atoms with Crippen molar-refractivity contribution in [3.63, 3.8) is 0 Å². The Hall–Kier alpha value is -3.53. The third kappa shape index (κ3) is 4.08. The predicted octanol–water partition coefficient (Wildman–Crippen LogP) is 3.53. The molecule has 1 heterocycles. The highest BCUT2D eigenvalue weighted by Crippen LogP contribution is 2.34. The molecule has 0 saturated heterocycles. The van der Waals surface area contributed by atoms with Gasteiger partial charge in [0, 0.05) is 17.2 Å². The Bertz CT molecular complexity index is 1120. The fourth-order valence-corrected chi connectivity index (χ4v) is 3.01. The van der Waals surface area contributed by atoms with E-state index in [1.54, 1.807) is 66.0 Å². The lowest BCUT2D eigenvalue weighted by Crippen LogP contribution is -1.99. The minimum atomic E-state index is 0.329. The van der Waals surface area contributed by atoms with Gasteiger partial charge in [0.2, 0.25) is 4.77 Å². The standard InChI is InChI=1S/C20H22N4O5S/c1-25-14-7-6-12(8-16(14)27-3)19-22-23-20(30)24(19)21-11-13-9-17(28-4)18(29-5)10-15(13)26-2/h6-11H,1-5H3,(H,23,30)/b21-11+. The Kier molecular flexibility index (Phi) is 6.58. The Labute approximate surface area is 178 Å². The molecule has 0 atom stereocenters. The molecule has 9 nitrogen and oxygen atoms in total. The number of nitrogens with zero attached hydrogens (tertiary/aromatic N) is 3. The third-order valence-corrected chi connectivity index (χ3v) is 4.60. The van der Waals surface area contributed by atoms with Gasteiger partial charge in [-0.15, -0.1) is 0 Å². The van der Waals surface area contributed by atoms with E-state index in [2.05, 4.69) is 15.3 Å². The number of benzene rings is 2. The van der Waals surface area contributed by atoms with E-state index >= 15 is 0 Å². The second kappa shape index (κ2) is 9.31. The molecular formula is C20H22N4O5S. The summed E-state index contributed by atoms with van der Waals surface area (Å²) in [6.45, 7) is 0. The summed E-state index contributed by atoms with van der Waals surface area (Å²) in [5, 5.41) is 11.5. The molecule has 0 aliphatic carbocycles. The maximum atomic E-state index is 5.44. The molecule has 0 aliphatic rings. The van der Waals surface area contributed by atoms with Crippen LogP contribution >= 0.6 is 12.2 Å². The van der Waals surface area contributed by atoms with Crippen LogP contribution in [0.15, 0.2) is 35.4 Å². The van der Waals surface area contributed by atoms with Gasteiger partial charge in [-0.05, 0) is 36.5 Å². The van der Waals surface area contributed by atoms with Crippen molar-refractivity contribution in [2.75, 3.05) is 35.5 Å². The Balaban J connectivity index is 2.05. The molecule has 0 bridgehead atoms. The van der Waals surface area contributed by atoms with Crippen molar-refractivity contribution in [3.05, 3.63) is 40.7 Å². The SMILES string of the molecule is COc1cc(OC)c(OC)cc1/C=N/n1c(-c2ccc(OC)c(OC)c2)n[nH]c1=S. The number of ether oxygens (including phenoxy) is 5. The zero-order valence-electron chi connectivity index (χ0n) is 17.3. The minimum Gasteiger partial charge on any atom is -0.496 e. The van der Waals surface area contributed by atoms with Crippen LogP contribution in [0.5, 0.6) is 28.7 Å². The van der Waals surface area contributed by atoms with Crippen LogP contribution in [0.1, 0.15) is 5.56 Å². The number of nitrogens with one attached hydrogen (secondary N) is 1. The average Bonchev–Trinajstić information content (AvgIpc) is 3.16. The van der Waals surface area contributed by atoms with E-state index in [9.17, 15) is 0 Å². The van der Waals surface area contributed by atoms with E-state index in [1.165, 1.54) is 4.68 Å². The number of hydrogen-bond donors (Lipinski definition) is 1. The van der Waals surface area contributed by atoms with Gasteiger partial charge in [0.1, 0.15) is 5.75 Å². The Morgan fingerprint density at radius 2 is 1.43 bits per heavy atom. The van der Waals surface area contributed by atoms with Crippen LogP contribution in [-0.4, -0.2) is 56.6 Å². The second-order valence-electron chi connectivity index (χ2n) is 5.93. The molecule has 0 spiro atoms.